The van der Waals surface area contributed by atoms with Gasteiger partial charge < -0.3 is 4.90 Å². The Balaban J connectivity index is 0.00000320. The molecule has 3 rings (SSSR count). The van der Waals surface area contributed by atoms with E-state index >= 15 is 0 Å². The van der Waals surface area contributed by atoms with Crippen LogP contribution in [0.1, 0.15) is 26.3 Å². The van der Waals surface area contributed by atoms with Crippen LogP contribution in [-0.2, 0) is 11.2 Å². The molecule has 30 heavy (non-hydrogen) atoms. The minimum atomic E-state index is 0. The molecule has 0 aliphatic carbocycles. The average Bonchev–Trinajstić information content (AvgIpc) is 3.20. The number of amides is 1. The van der Waals surface area contributed by atoms with E-state index in [1.165, 1.54) is 5.56 Å². The molecule has 0 fully saturated rings. The van der Waals surface area contributed by atoms with Crippen molar-refractivity contribution in [1.82, 2.24) is 9.88 Å². The standard InChI is InChI=1S/C23H29N3OS2.ClH/c1-4-18-11-10-14-20-22(18)24-23(29-20)26(16-15-25(5-2)6-3)21(27)17-28-19-12-8-7-9-13-19;/h7-14H,4-6,15-17H2,1-3H3;1H. The molecular weight excluding hydrogens is 434 g/mol. The van der Waals surface area contributed by atoms with Crippen LogP contribution in [0.25, 0.3) is 10.2 Å². The van der Waals surface area contributed by atoms with E-state index in [1.807, 2.05) is 35.2 Å². The summed E-state index contributed by atoms with van der Waals surface area (Å²) in [6.07, 6.45) is 0.942. The molecule has 0 spiro atoms. The lowest BCUT2D eigenvalue weighted by molar-refractivity contribution is -0.116. The third kappa shape index (κ3) is 6.20. The molecule has 0 atom stereocenters. The van der Waals surface area contributed by atoms with E-state index in [0.717, 1.165) is 46.3 Å². The summed E-state index contributed by atoms with van der Waals surface area (Å²) in [5, 5.41) is 0.812. The predicted octanol–water partition coefficient (Wildman–Crippen LogP) is 5.75. The summed E-state index contributed by atoms with van der Waals surface area (Å²) in [4.78, 5) is 23.4. The van der Waals surface area contributed by atoms with Gasteiger partial charge in [0.2, 0.25) is 5.91 Å². The van der Waals surface area contributed by atoms with Crippen LogP contribution in [0, 0.1) is 0 Å². The van der Waals surface area contributed by atoms with E-state index in [9.17, 15) is 4.79 Å². The fourth-order valence-corrected chi connectivity index (χ4v) is 5.10. The Hall–Kier alpha value is -1.60. The molecular formula is C23H30ClN3OS2. The highest BCUT2D eigenvalue weighted by Gasteiger charge is 2.21. The summed E-state index contributed by atoms with van der Waals surface area (Å²) in [5.74, 6) is 0.529. The fourth-order valence-electron chi connectivity index (χ4n) is 3.24. The van der Waals surface area contributed by atoms with Gasteiger partial charge in [0.25, 0.3) is 0 Å². The topological polar surface area (TPSA) is 36.4 Å². The number of benzene rings is 2. The molecule has 0 bridgehead atoms. The van der Waals surface area contributed by atoms with Crippen LogP contribution < -0.4 is 4.90 Å². The number of para-hydroxylation sites is 1. The number of carbonyl (C=O) groups excluding carboxylic acids is 1. The smallest absolute Gasteiger partial charge is 0.239 e. The minimum absolute atomic E-state index is 0. The Morgan fingerprint density at radius 3 is 2.40 bits per heavy atom. The van der Waals surface area contributed by atoms with Gasteiger partial charge in [0, 0.05) is 18.0 Å². The Morgan fingerprint density at radius 1 is 1.00 bits per heavy atom. The number of rotatable bonds is 10. The molecule has 0 N–H and O–H groups in total. The van der Waals surface area contributed by atoms with Crippen molar-refractivity contribution in [2.75, 3.05) is 36.8 Å². The molecule has 0 aliphatic heterocycles. The van der Waals surface area contributed by atoms with E-state index in [4.69, 9.17) is 4.98 Å². The number of halogens is 1. The van der Waals surface area contributed by atoms with Crippen LogP contribution in [0.15, 0.2) is 53.4 Å². The maximum atomic E-state index is 13.2. The van der Waals surface area contributed by atoms with E-state index < -0.39 is 0 Å². The van der Waals surface area contributed by atoms with Gasteiger partial charge in [0.15, 0.2) is 5.13 Å². The van der Waals surface area contributed by atoms with E-state index in [2.05, 4.69) is 43.9 Å². The second-order valence-corrected chi connectivity index (χ2v) is 8.85. The van der Waals surface area contributed by atoms with Gasteiger partial charge in [-0.25, -0.2) is 4.98 Å². The van der Waals surface area contributed by atoms with Crippen molar-refractivity contribution >= 4 is 56.8 Å². The highest BCUT2D eigenvalue weighted by molar-refractivity contribution is 8.00. The maximum absolute atomic E-state index is 13.2. The van der Waals surface area contributed by atoms with E-state index in [1.54, 1.807) is 23.1 Å². The van der Waals surface area contributed by atoms with Crippen LogP contribution in [0.5, 0.6) is 0 Å². The molecule has 0 radical (unpaired) electrons. The van der Waals surface area contributed by atoms with Crippen molar-refractivity contribution in [1.29, 1.82) is 0 Å². The van der Waals surface area contributed by atoms with Gasteiger partial charge in [0.1, 0.15) is 0 Å². The predicted molar refractivity (Wildman–Crippen MR) is 134 cm³/mol. The number of likely N-dealkylation sites (N-methyl/N-ethyl adjacent to an activating group) is 1. The van der Waals surface area contributed by atoms with Crippen molar-refractivity contribution in [2.45, 2.75) is 32.1 Å². The number of anilines is 1. The first-order chi connectivity index (χ1) is 14.2. The fraction of sp³-hybridized carbons (Fsp3) is 0.391. The number of thiazole rings is 1. The summed E-state index contributed by atoms with van der Waals surface area (Å²) in [6, 6.07) is 16.4. The maximum Gasteiger partial charge on any atom is 0.239 e. The monoisotopic (exact) mass is 463 g/mol. The van der Waals surface area contributed by atoms with Gasteiger partial charge in [-0.05, 0) is 43.3 Å². The van der Waals surface area contributed by atoms with Crippen LogP contribution >= 0.6 is 35.5 Å². The molecule has 7 heteroatoms. The molecule has 3 aromatic rings. The van der Waals surface area contributed by atoms with Crippen LogP contribution in [-0.4, -0.2) is 47.7 Å². The zero-order chi connectivity index (χ0) is 20.6. The molecule has 0 aliphatic rings. The Labute approximate surface area is 194 Å². The van der Waals surface area contributed by atoms with Gasteiger partial charge in [-0.15, -0.1) is 24.2 Å². The van der Waals surface area contributed by atoms with Gasteiger partial charge in [-0.2, -0.15) is 0 Å². The first kappa shape index (κ1) is 24.7. The summed E-state index contributed by atoms with van der Waals surface area (Å²) >= 11 is 3.20. The third-order valence-corrected chi connectivity index (χ3v) is 7.08. The van der Waals surface area contributed by atoms with Gasteiger partial charge >= 0.3 is 0 Å². The summed E-state index contributed by atoms with van der Waals surface area (Å²) in [7, 11) is 0. The third-order valence-electron chi connectivity index (χ3n) is 5.04. The molecule has 0 saturated carbocycles. The van der Waals surface area contributed by atoms with E-state index in [0.29, 0.717) is 12.3 Å². The molecule has 162 valence electrons. The number of fused-ring (bicyclic) bond motifs is 1. The Kier molecular flexibility index (Phi) is 10.1. The molecule has 1 aromatic heterocycles. The quantitative estimate of drug-likeness (QED) is 0.359. The second-order valence-electron chi connectivity index (χ2n) is 6.79. The molecule has 1 heterocycles. The van der Waals surface area contributed by atoms with Crippen molar-refractivity contribution in [3.8, 4) is 0 Å². The van der Waals surface area contributed by atoms with Crippen LogP contribution in [0.4, 0.5) is 5.13 Å². The zero-order valence-electron chi connectivity index (χ0n) is 17.8. The largest absolute Gasteiger partial charge is 0.302 e. The number of aromatic nitrogens is 1. The first-order valence-electron chi connectivity index (χ1n) is 10.2. The number of hydrogen-bond acceptors (Lipinski definition) is 5. The van der Waals surface area contributed by atoms with Crippen molar-refractivity contribution in [3.63, 3.8) is 0 Å². The number of aryl methyl sites for hydroxylation is 1. The van der Waals surface area contributed by atoms with Crippen molar-refractivity contribution in [3.05, 3.63) is 54.1 Å². The number of carbonyl (C=O) groups is 1. The lowest BCUT2D eigenvalue weighted by Crippen LogP contribution is -2.39. The van der Waals surface area contributed by atoms with Crippen LogP contribution in [0.3, 0.4) is 0 Å². The minimum Gasteiger partial charge on any atom is -0.302 e. The Bertz CT molecular complexity index is 929. The van der Waals surface area contributed by atoms with Gasteiger partial charge in [-0.3, -0.25) is 9.69 Å². The average molecular weight is 464 g/mol. The zero-order valence-corrected chi connectivity index (χ0v) is 20.3. The normalized spacial score (nSPS) is 10.9. The number of thioether (sulfide) groups is 1. The molecule has 4 nitrogen and oxygen atoms in total. The van der Waals surface area contributed by atoms with Crippen LogP contribution in [0.2, 0.25) is 0 Å². The molecule has 1 amide bonds. The number of hydrogen-bond donors (Lipinski definition) is 0. The van der Waals surface area contributed by atoms with E-state index in [-0.39, 0.29) is 18.3 Å². The molecule has 2 aromatic carbocycles. The summed E-state index contributed by atoms with van der Waals surface area (Å²) in [5.41, 5.74) is 2.27. The highest BCUT2D eigenvalue weighted by Crippen LogP contribution is 2.31. The molecule has 0 unspecified atom stereocenters. The SMILES string of the molecule is CCc1cccc2sc(N(CCN(CC)CC)C(=O)CSc3ccccc3)nc12.Cl. The van der Waals surface area contributed by atoms with Gasteiger partial charge in [-0.1, -0.05) is 62.4 Å². The lowest BCUT2D eigenvalue weighted by atomic mass is 10.1. The van der Waals surface area contributed by atoms with Crippen molar-refractivity contribution < 1.29 is 4.79 Å². The highest BCUT2D eigenvalue weighted by atomic mass is 35.5. The first-order valence-corrected chi connectivity index (χ1v) is 12.0. The number of nitrogens with zero attached hydrogens (tertiary/aromatic N) is 3. The summed E-state index contributed by atoms with van der Waals surface area (Å²) < 4.78 is 1.15. The van der Waals surface area contributed by atoms with Crippen molar-refractivity contribution in [2.24, 2.45) is 0 Å². The second kappa shape index (κ2) is 12.3. The lowest BCUT2D eigenvalue weighted by Gasteiger charge is -2.24. The summed E-state index contributed by atoms with van der Waals surface area (Å²) in [6.45, 7) is 9.95. The molecule has 0 saturated heterocycles. The van der Waals surface area contributed by atoms with Gasteiger partial charge in [0.05, 0.1) is 16.0 Å². The Morgan fingerprint density at radius 2 is 1.73 bits per heavy atom.